The number of phenolic OH excluding ortho intramolecular Hbond substituents is 1. The van der Waals surface area contributed by atoms with Crippen LogP contribution < -0.4 is 11.1 Å². The van der Waals surface area contributed by atoms with Gasteiger partial charge in [0, 0.05) is 6.07 Å². The first-order valence-corrected chi connectivity index (χ1v) is 5.70. The minimum atomic E-state index is -0.686. The molecule has 0 atom stereocenters. The highest BCUT2D eigenvalue weighted by Gasteiger charge is 2.14. The summed E-state index contributed by atoms with van der Waals surface area (Å²) in [5.41, 5.74) is 5.61. The molecular weight excluding hydrogens is 271 g/mol. The molecule has 2 rings (SSSR count). The van der Waals surface area contributed by atoms with E-state index in [1.54, 1.807) is 0 Å². The SMILES string of the molecule is Nc1cc(O)c(NC(=O)c2ccccc2F)cc1Cl. The van der Waals surface area contributed by atoms with Crippen molar-refractivity contribution in [2.45, 2.75) is 0 Å². The van der Waals surface area contributed by atoms with Crippen LogP contribution in [0.4, 0.5) is 15.8 Å². The average Bonchev–Trinajstić information content (AvgIpc) is 2.36. The van der Waals surface area contributed by atoms with Crippen LogP contribution in [0.1, 0.15) is 10.4 Å². The molecule has 0 aliphatic rings. The lowest BCUT2D eigenvalue weighted by atomic mass is 10.2. The summed E-state index contributed by atoms with van der Waals surface area (Å²) < 4.78 is 13.4. The Morgan fingerprint density at radius 2 is 2.00 bits per heavy atom. The lowest BCUT2D eigenvalue weighted by Crippen LogP contribution is -2.13. The number of carbonyl (C=O) groups is 1. The summed E-state index contributed by atoms with van der Waals surface area (Å²) in [4.78, 5) is 11.8. The first kappa shape index (κ1) is 13.2. The Kier molecular flexibility index (Phi) is 3.57. The van der Waals surface area contributed by atoms with E-state index in [9.17, 15) is 14.3 Å². The van der Waals surface area contributed by atoms with Gasteiger partial charge in [0.25, 0.3) is 5.91 Å². The van der Waals surface area contributed by atoms with Gasteiger partial charge in [-0.3, -0.25) is 4.79 Å². The molecule has 2 aromatic rings. The average molecular weight is 281 g/mol. The van der Waals surface area contributed by atoms with E-state index < -0.39 is 11.7 Å². The quantitative estimate of drug-likeness (QED) is 0.585. The fraction of sp³-hybridized carbons (Fsp3) is 0. The molecule has 0 heterocycles. The van der Waals surface area contributed by atoms with Crippen LogP contribution in [0.25, 0.3) is 0 Å². The number of carbonyl (C=O) groups excluding carboxylic acids is 1. The normalized spacial score (nSPS) is 10.2. The van der Waals surface area contributed by atoms with Crippen molar-refractivity contribution in [2.75, 3.05) is 11.1 Å². The number of nitrogens with two attached hydrogens (primary N) is 1. The number of halogens is 2. The van der Waals surface area contributed by atoms with E-state index >= 15 is 0 Å². The van der Waals surface area contributed by atoms with Gasteiger partial charge in [0.05, 0.1) is 22.0 Å². The van der Waals surface area contributed by atoms with Crippen LogP contribution in [0.3, 0.4) is 0 Å². The molecule has 2 aromatic carbocycles. The Morgan fingerprint density at radius 3 is 2.68 bits per heavy atom. The maximum Gasteiger partial charge on any atom is 0.258 e. The smallest absolute Gasteiger partial charge is 0.258 e. The van der Waals surface area contributed by atoms with Gasteiger partial charge in [-0.1, -0.05) is 23.7 Å². The number of rotatable bonds is 2. The second-order valence-electron chi connectivity index (χ2n) is 3.82. The maximum atomic E-state index is 13.4. The predicted octanol–water partition coefficient (Wildman–Crippen LogP) is 3.02. The van der Waals surface area contributed by atoms with Gasteiger partial charge in [-0.25, -0.2) is 4.39 Å². The molecule has 4 N–H and O–H groups in total. The van der Waals surface area contributed by atoms with Crippen molar-refractivity contribution in [3.8, 4) is 5.75 Å². The van der Waals surface area contributed by atoms with E-state index in [0.29, 0.717) is 0 Å². The second kappa shape index (κ2) is 5.16. The number of nitrogen functional groups attached to an aromatic ring is 1. The molecule has 6 heteroatoms. The highest BCUT2D eigenvalue weighted by Crippen LogP contribution is 2.32. The highest BCUT2D eigenvalue weighted by atomic mass is 35.5. The molecule has 0 radical (unpaired) electrons. The molecule has 0 spiro atoms. The van der Waals surface area contributed by atoms with Crippen LogP contribution in [0.5, 0.6) is 5.75 Å². The number of nitrogens with one attached hydrogen (secondary N) is 1. The van der Waals surface area contributed by atoms with Crippen molar-refractivity contribution < 1.29 is 14.3 Å². The zero-order valence-electron chi connectivity index (χ0n) is 9.65. The first-order valence-electron chi connectivity index (χ1n) is 5.33. The molecule has 0 unspecified atom stereocenters. The molecule has 0 aromatic heterocycles. The maximum absolute atomic E-state index is 13.4. The molecule has 0 bridgehead atoms. The van der Waals surface area contributed by atoms with Gasteiger partial charge in [0.2, 0.25) is 0 Å². The van der Waals surface area contributed by atoms with Crippen molar-refractivity contribution in [1.29, 1.82) is 0 Å². The number of hydrogen-bond acceptors (Lipinski definition) is 3. The Bertz CT molecular complexity index is 647. The van der Waals surface area contributed by atoms with Crippen LogP contribution in [-0.4, -0.2) is 11.0 Å². The lowest BCUT2D eigenvalue weighted by molar-refractivity contribution is 0.102. The molecule has 4 nitrogen and oxygen atoms in total. The number of benzene rings is 2. The molecule has 0 aliphatic carbocycles. The van der Waals surface area contributed by atoms with E-state index in [4.69, 9.17) is 17.3 Å². The van der Waals surface area contributed by atoms with E-state index in [-0.39, 0.29) is 27.7 Å². The molecule has 0 aliphatic heterocycles. The van der Waals surface area contributed by atoms with Crippen molar-refractivity contribution in [3.63, 3.8) is 0 Å². The summed E-state index contributed by atoms with van der Waals surface area (Å²) in [5, 5.41) is 12.2. The molecule has 19 heavy (non-hydrogen) atoms. The van der Waals surface area contributed by atoms with Crippen LogP contribution in [0.2, 0.25) is 5.02 Å². The Morgan fingerprint density at radius 1 is 1.32 bits per heavy atom. The monoisotopic (exact) mass is 280 g/mol. The van der Waals surface area contributed by atoms with Crippen molar-refractivity contribution in [1.82, 2.24) is 0 Å². The molecule has 0 saturated carbocycles. The first-order chi connectivity index (χ1) is 8.99. The Labute approximate surface area is 113 Å². The highest BCUT2D eigenvalue weighted by molar-refractivity contribution is 6.33. The van der Waals surface area contributed by atoms with Crippen molar-refractivity contribution in [3.05, 3.63) is 52.8 Å². The van der Waals surface area contributed by atoms with Gasteiger partial charge in [-0.15, -0.1) is 0 Å². The van der Waals surface area contributed by atoms with E-state index in [0.717, 1.165) is 0 Å². The van der Waals surface area contributed by atoms with E-state index in [1.165, 1.54) is 36.4 Å². The van der Waals surface area contributed by atoms with Crippen molar-refractivity contribution >= 4 is 28.9 Å². The minimum absolute atomic E-state index is 0.0625. The van der Waals surface area contributed by atoms with Gasteiger partial charge in [-0.05, 0) is 18.2 Å². The standard InChI is InChI=1S/C13H10ClFN2O2/c14-8-5-11(12(18)6-10(8)16)17-13(19)7-3-1-2-4-9(7)15/h1-6,18H,16H2,(H,17,19). The number of anilines is 2. The number of amides is 1. The van der Waals surface area contributed by atoms with Gasteiger partial charge >= 0.3 is 0 Å². The zero-order chi connectivity index (χ0) is 14.0. The summed E-state index contributed by atoms with van der Waals surface area (Å²) in [6.45, 7) is 0. The molecular formula is C13H10ClFN2O2. The fourth-order valence-corrected chi connectivity index (χ4v) is 1.68. The molecule has 0 fully saturated rings. The minimum Gasteiger partial charge on any atom is -0.506 e. The lowest BCUT2D eigenvalue weighted by Gasteiger charge is -2.09. The third kappa shape index (κ3) is 2.77. The molecule has 1 amide bonds. The summed E-state index contributed by atoms with van der Waals surface area (Å²) in [6, 6.07) is 8.02. The predicted molar refractivity (Wildman–Crippen MR) is 71.9 cm³/mol. The van der Waals surface area contributed by atoms with E-state index in [1.807, 2.05) is 0 Å². The Balaban J connectivity index is 2.30. The molecule has 0 saturated heterocycles. The van der Waals surface area contributed by atoms with Gasteiger partial charge in [-0.2, -0.15) is 0 Å². The van der Waals surface area contributed by atoms with Crippen LogP contribution in [-0.2, 0) is 0 Å². The number of hydrogen-bond donors (Lipinski definition) is 3. The zero-order valence-corrected chi connectivity index (χ0v) is 10.4. The summed E-state index contributed by atoms with van der Waals surface area (Å²) in [6.07, 6.45) is 0. The third-order valence-electron chi connectivity index (χ3n) is 2.48. The Hall–Kier alpha value is -2.27. The number of phenols is 1. The topological polar surface area (TPSA) is 75.3 Å². The van der Waals surface area contributed by atoms with Gasteiger partial charge < -0.3 is 16.2 Å². The molecule has 98 valence electrons. The summed E-state index contributed by atoms with van der Waals surface area (Å²) in [5.74, 6) is -1.58. The largest absolute Gasteiger partial charge is 0.506 e. The van der Waals surface area contributed by atoms with Crippen molar-refractivity contribution in [2.24, 2.45) is 0 Å². The van der Waals surface area contributed by atoms with Crippen LogP contribution in [0.15, 0.2) is 36.4 Å². The fourth-order valence-electron chi connectivity index (χ4n) is 1.51. The van der Waals surface area contributed by atoms with Crippen LogP contribution >= 0.6 is 11.6 Å². The van der Waals surface area contributed by atoms with Gasteiger partial charge in [0.15, 0.2) is 0 Å². The summed E-state index contributed by atoms with van der Waals surface area (Å²) >= 11 is 5.79. The third-order valence-corrected chi connectivity index (χ3v) is 2.81. The van der Waals surface area contributed by atoms with Gasteiger partial charge in [0.1, 0.15) is 11.6 Å². The van der Waals surface area contributed by atoms with Crippen LogP contribution in [0, 0.1) is 5.82 Å². The number of aromatic hydroxyl groups is 1. The van der Waals surface area contributed by atoms with E-state index in [2.05, 4.69) is 5.32 Å². The second-order valence-corrected chi connectivity index (χ2v) is 4.23. The summed E-state index contributed by atoms with van der Waals surface area (Å²) in [7, 11) is 0.